The molecule has 1 N–H and O–H groups in total. The average Bonchev–Trinajstić information content (AvgIpc) is 2.54. The molecular weight excluding hydrogens is 319 g/mol. The number of hydrogen-bond donors (Lipinski definition) is 1. The molecule has 7 heteroatoms. The third-order valence-electron chi connectivity index (χ3n) is 4.57. The molecule has 23 heavy (non-hydrogen) atoms. The van der Waals surface area contributed by atoms with E-state index in [1.165, 1.54) is 20.7 Å². The van der Waals surface area contributed by atoms with Crippen LogP contribution in [0.25, 0.3) is 0 Å². The fraction of sp³-hybridized carbons (Fsp3) is 0.625. The highest BCUT2D eigenvalue weighted by atomic mass is 32.2. The van der Waals surface area contributed by atoms with Crippen molar-refractivity contribution in [2.75, 3.05) is 20.1 Å². The van der Waals surface area contributed by atoms with Gasteiger partial charge in [0.15, 0.2) is 0 Å². The van der Waals surface area contributed by atoms with Gasteiger partial charge >= 0.3 is 0 Å². The zero-order valence-corrected chi connectivity index (χ0v) is 14.6. The first-order chi connectivity index (χ1) is 10.7. The van der Waals surface area contributed by atoms with Crippen LogP contribution >= 0.6 is 0 Å². The Morgan fingerprint density at radius 1 is 1.22 bits per heavy atom. The Labute approximate surface area is 137 Å². The van der Waals surface area contributed by atoms with E-state index in [9.17, 15) is 17.9 Å². The Morgan fingerprint density at radius 2 is 1.74 bits per heavy atom. The molecule has 0 bridgehead atoms. The summed E-state index contributed by atoms with van der Waals surface area (Å²) in [5, 5.41) is 10.4. The molecule has 1 aliphatic heterocycles. The first-order valence-electron chi connectivity index (χ1n) is 7.90. The Bertz CT molecular complexity index is 611. The van der Waals surface area contributed by atoms with E-state index in [0.717, 1.165) is 0 Å². The van der Waals surface area contributed by atoms with Gasteiger partial charge in [-0.3, -0.25) is 0 Å². The van der Waals surface area contributed by atoms with Crippen LogP contribution < -0.4 is 0 Å². The predicted molar refractivity (Wildman–Crippen MR) is 87.5 cm³/mol. The number of aliphatic hydroxyl groups is 1. The molecule has 1 aromatic carbocycles. The van der Waals surface area contributed by atoms with Crippen molar-refractivity contribution in [2.45, 2.75) is 38.8 Å². The van der Waals surface area contributed by atoms with Gasteiger partial charge in [-0.15, -0.1) is 0 Å². The summed E-state index contributed by atoms with van der Waals surface area (Å²) >= 11 is 0. The Hall–Kier alpha value is -1.02. The molecule has 1 atom stereocenters. The summed E-state index contributed by atoms with van der Waals surface area (Å²) in [5.74, 6) is -0.352. The lowest BCUT2D eigenvalue weighted by atomic mass is 9.88. The van der Waals surface area contributed by atoms with Crippen LogP contribution in [0.4, 0.5) is 4.39 Å². The maximum absolute atomic E-state index is 13.0. The SMILES string of the molecule is CC(C)N(C)S(=O)(=O)N1CCC(C(O)c2ccc(F)cc2)CC1. The zero-order valence-electron chi connectivity index (χ0n) is 13.8. The smallest absolute Gasteiger partial charge is 0.281 e. The highest BCUT2D eigenvalue weighted by molar-refractivity contribution is 7.86. The van der Waals surface area contributed by atoms with Crippen molar-refractivity contribution in [3.8, 4) is 0 Å². The van der Waals surface area contributed by atoms with Crippen molar-refractivity contribution >= 4 is 10.2 Å². The molecule has 5 nitrogen and oxygen atoms in total. The topological polar surface area (TPSA) is 60.9 Å². The van der Waals surface area contributed by atoms with Crippen molar-refractivity contribution < 1.29 is 17.9 Å². The van der Waals surface area contributed by atoms with Gasteiger partial charge in [-0.2, -0.15) is 17.0 Å². The van der Waals surface area contributed by atoms with Crippen molar-refractivity contribution in [3.63, 3.8) is 0 Å². The molecule has 2 rings (SSSR count). The van der Waals surface area contributed by atoms with Gasteiger partial charge in [-0.25, -0.2) is 4.39 Å². The Kier molecular flexibility index (Phi) is 5.78. The van der Waals surface area contributed by atoms with Crippen molar-refractivity contribution in [3.05, 3.63) is 35.6 Å². The first-order valence-corrected chi connectivity index (χ1v) is 9.30. The molecule has 0 spiro atoms. The molecule has 0 radical (unpaired) electrons. The van der Waals surface area contributed by atoms with Gasteiger partial charge in [0, 0.05) is 26.2 Å². The Morgan fingerprint density at radius 3 is 2.22 bits per heavy atom. The molecule has 1 aromatic rings. The van der Waals surface area contributed by atoms with E-state index in [4.69, 9.17) is 0 Å². The minimum Gasteiger partial charge on any atom is -0.388 e. The van der Waals surface area contributed by atoms with Crippen LogP contribution in [-0.2, 0) is 10.2 Å². The lowest BCUT2D eigenvalue weighted by Crippen LogP contribution is -2.48. The summed E-state index contributed by atoms with van der Waals surface area (Å²) < 4.78 is 40.7. The number of nitrogens with zero attached hydrogens (tertiary/aromatic N) is 2. The van der Waals surface area contributed by atoms with Crippen LogP contribution in [0.1, 0.15) is 38.4 Å². The lowest BCUT2D eigenvalue weighted by molar-refractivity contribution is 0.0747. The molecule has 1 aliphatic rings. The summed E-state index contributed by atoms with van der Waals surface area (Å²) in [4.78, 5) is 0. The molecule has 1 unspecified atom stereocenters. The fourth-order valence-electron chi connectivity index (χ4n) is 2.80. The van der Waals surface area contributed by atoms with Crippen LogP contribution in [0.5, 0.6) is 0 Å². The average molecular weight is 344 g/mol. The van der Waals surface area contributed by atoms with Crippen molar-refractivity contribution in [1.29, 1.82) is 0 Å². The van der Waals surface area contributed by atoms with E-state index in [2.05, 4.69) is 0 Å². The summed E-state index contributed by atoms with van der Waals surface area (Å²) in [6, 6.07) is 5.72. The zero-order chi connectivity index (χ0) is 17.2. The second kappa shape index (κ2) is 7.25. The molecule has 1 heterocycles. The Balaban J connectivity index is 1.99. The van der Waals surface area contributed by atoms with Crippen LogP contribution in [-0.4, -0.2) is 48.3 Å². The third kappa shape index (κ3) is 4.09. The van der Waals surface area contributed by atoms with Crippen LogP contribution in [0.15, 0.2) is 24.3 Å². The molecule has 0 saturated carbocycles. The number of aliphatic hydroxyl groups excluding tert-OH is 1. The quantitative estimate of drug-likeness (QED) is 0.890. The van der Waals surface area contributed by atoms with E-state index in [-0.39, 0.29) is 17.8 Å². The second-order valence-electron chi connectivity index (χ2n) is 6.35. The summed E-state index contributed by atoms with van der Waals surface area (Å²) in [6.07, 6.45) is 0.483. The van der Waals surface area contributed by atoms with Crippen molar-refractivity contribution in [1.82, 2.24) is 8.61 Å². The summed E-state index contributed by atoms with van der Waals surface area (Å²) in [5.41, 5.74) is 0.673. The maximum atomic E-state index is 13.0. The van der Waals surface area contributed by atoms with Gasteiger partial charge in [-0.05, 0) is 50.3 Å². The van der Waals surface area contributed by atoms with Gasteiger partial charge in [0.2, 0.25) is 0 Å². The minimum absolute atomic E-state index is 0.0173. The normalized spacial score (nSPS) is 19.4. The van der Waals surface area contributed by atoms with E-state index in [0.29, 0.717) is 31.5 Å². The number of benzene rings is 1. The largest absolute Gasteiger partial charge is 0.388 e. The third-order valence-corrected chi connectivity index (χ3v) is 6.74. The lowest BCUT2D eigenvalue weighted by Gasteiger charge is -2.36. The highest BCUT2D eigenvalue weighted by Crippen LogP contribution is 2.32. The number of halogens is 1. The number of rotatable bonds is 5. The van der Waals surface area contributed by atoms with Crippen LogP contribution in [0, 0.1) is 11.7 Å². The second-order valence-corrected chi connectivity index (χ2v) is 8.34. The van der Waals surface area contributed by atoms with Crippen LogP contribution in [0.2, 0.25) is 0 Å². The molecule has 130 valence electrons. The highest BCUT2D eigenvalue weighted by Gasteiger charge is 2.34. The van der Waals surface area contributed by atoms with Gasteiger partial charge in [0.05, 0.1) is 6.10 Å². The van der Waals surface area contributed by atoms with Gasteiger partial charge in [0.25, 0.3) is 10.2 Å². The molecule has 1 saturated heterocycles. The fourth-order valence-corrected chi connectivity index (χ4v) is 4.37. The molecule has 0 aromatic heterocycles. The van der Waals surface area contributed by atoms with Gasteiger partial charge in [0.1, 0.15) is 5.82 Å². The monoisotopic (exact) mass is 344 g/mol. The molecule has 1 fully saturated rings. The minimum atomic E-state index is -3.45. The van der Waals surface area contributed by atoms with Gasteiger partial charge in [-0.1, -0.05) is 12.1 Å². The number of piperidine rings is 1. The molecule has 0 amide bonds. The van der Waals surface area contributed by atoms with Crippen molar-refractivity contribution in [2.24, 2.45) is 5.92 Å². The maximum Gasteiger partial charge on any atom is 0.281 e. The van der Waals surface area contributed by atoms with Crippen LogP contribution in [0.3, 0.4) is 0 Å². The van der Waals surface area contributed by atoms with E-state index < -0.39 is 16.3 Å². The number of hydrogen-bond acceptors (Lipinski definition) is 3. The predicted octanol–water partition coefficient (Wildman–Crippen LogP) is 2.16. The standard InChI is InChI=1S/C16H25FN2O3S/c1-12(2)18(3)23(21,22)19-10-8-14(9-11-19)16(20)13-4-6-15(17)7-5-13/h4-7,12,14,16,20H,8-11H2,1-3H3. The van der Waals surface area contributed by atoms with E-state index in [1.807, 2.05) is 13.8 Å². The first kappa shape index (κ1) is 18.3. The molecule has 0 aliphatic carbocycles. The summed E-state index contributed by atoms with van der Waals surface area (Å²) in [6.45, 7) is 4.45. The van der Waals surface area contributed by atoms with E-state index >= 15 is 0 Å². The summed E-state index contributed by atoms with van der Waals surface area (Å²) in [7, 11) is -1.86. The van der Waals surface area contributed by atoms with E-state index in [1.54, 1.807) is 19.2 Å². The van der Waals surface area contributed by atoms with Gasteiger partial charge < -0.3 is 5.11 Å². The molecular formula is C16H25FN2O3S.